The highest BCUT2D eigenvalue weighted by Crippen LogP contribution is 2.25. The van der Waals surface area contributed by atoms with Crippen molar-refractivity contribution >= 4 is 35.0 Å². The lowest BCUT2D eigenvalue weighted by molar-refractivity contribution is 0.0926. The number of nitrogens with zero attached hydrogens (tertiary/aromatic N) is 1. The fourth-order valence-electron chi connectivity index (χ4n) is 3.92. The molecule has 1 amide bonds. The van der Waals surface area contributed by atoms with Gasteiger partial charge in [-0.05, 0) is 68.5 Å². The number of fused-ring (bicyclic) bond motifs is 1. The molecular formula is C23H24ClF2N3O. The maximum absolute atomic E-state index is 13.3. The number of hydrogen-bond acceptors (Lipinski definition) is 3. The molecule has 0 aliphatic heterocycles. The number of rotatable bonds is 4. The minimum absolute atomic E-state index is 0. The summed E-state index contributed by atoms with van der Waals surface area (Å²) in [5, 5.41) is 7.60. The van der Waals surface area contributed by atoms with Gasteiger partial charge in [-0.1, -0.05) is 18.2 Å². The number of benzene rings is 2. The fraction of sp³-hybridized carbons (Fsp3) is 0.304. The van der Waals surface area contributed by atoms with E-state index in [9.17, 15) is 13.6 Å². The second kappa shape index (κ2) is 9.39. The number of para-hydroxylation sites is 1. The number of halogens is 3. The van der Waals surface area contributed by atoms with E-state index in [2.05, 4.69) is 29.7 Å². The standard InChI is InChI=1S/C23H23F2N3O.ClH/c1-14-12-22(28-21-5-3-2-4-18(14)21)26-16-7-9-17(10-8-16)27-23(29)15-6-11-19(24)20(25)13-15;/h2-6,11-13,16-17H,7-10H2,1H3,(H,26,28)(H,27,29);1H/t16-,17+;. The molecule has 4 nitrogen and oxygen atoms in total. The lowest BCUT2D eigenvalue weighted by atomic mass is 9.91. The first kappa shape index (κ1) is 22.0. The van der Waals surface area contributed by atoms with Crippen LogP contribution in [0.5, 0.6) is 0 Å². The highest BCUT2D eigenvalue weighted by Gasteiger charge is 2.23. The van der Waals surface area contributed by atoms with Crippen LogP contribution < -0.4 is 10.6 Å². The number of aromatic nitrogens is 1. The molecular weight excluding hydrogens is 408 g/mol. The maximum atomic E-state index is 13.3. The molecule has 30 heavy (non-hydrogen) atoms. The van der Waals surface area contributed by atoms with E-state index >= 15 is 0 Å². The zero-order valence-corrected chi connectivity index (χ0v) is 17.4. The zero-order valence-electron chi connectivity index (χ0n) is 16.6. The van der Waals surface area contributed by atoms with Crippen molar-refractivity contribution < 1.29 is 13.6 Å². The van der Waals surface area contributed by atoms with Crippen LogP contribution in [-0.2, 0) is 0 Å². The number of anilines is 1. The summed E-state index contributed by atoms with van der Waals surface area (Å²) in [6.45, 7) is 2.08. The molecule has 0 bridgehead atoms. The first-order valence-electron chi connectivity index (χ1n) is 9.88. The van der Waals surface area contributed by atoms with Crippen LogP contribution in [0.25, 0.3) is 10.9 Å². The molecule has 1 saturated carbocycles. The Hall–Kier alpha value is -2.73. The van der Waals surface area contributed by atoms with Crippen LogP contribution in [-0.4, -0.2) is 23.0 Å². The topological polar surface area (TPSA) is 54.0 Å². The Morgan fingerprint density at radius 1 is 0.967 bits per heavy atom. The van der Waals surface area contributed by atoms with Crippen LogP contribution in [0.1, 0.15) is 41.6 Å². The van der Waals surface area contributed by atoms with Gasteiger partial charge in [0.15, 0.2) is 11.6 Å². The van der Waals surface area contributed by atoms with Gasteiger partial charge in [-0.2, -0.15) is 0 Å². The lowest BCUT2D eigenvalue weighted by Crippen LogP contribution is -2.40. The molecule has 1 fully saturated rings. The van der Waals surface area contributed by atoms with E-state index in [0.717, 1.165) is 54.5 Å². The van der Waals surface area contributed by atoms with Gasteiger partial charge in [0, 0.05) is 23.0 Å². The summed E-state index contributed by atoms with van der Waals surface area (Å²) < 4.78 is 26.4. The average molecular weight is 432 g/mol. The largest absolute Gasteiger partial charge is 0.367 e. The van der Waals surface area contributed by atoms with Crippen molar-refractivity contribution in [1.82, 2.24) is 10.3 Å². The Kier molecular flexibility index (Phi) is 6.87. The van der Waals surface area contributed by atoms with Gasteiger partial charge in [-0.3, -0.25) is 4.79 Å². The smallest absolute Gasteiger partial charge is 0.251 e. The van der Waals surface area contributed by atoms with Gasteiger partial charge in [-0.25, -0.2) is 13.8 Å². The van der Waals surface area contributed by atoms with Crippen molar-refractivity contribution in [3.8, 4) is 0 Å². The van der Waals surface area contributed by atoms with E-state index in [-0.39, 0.29) is 29.9 Å². The van der Waals surface area contributed by atoms with E-state index in [0.29, 0.717) is 6.04 Å². The molecule has 0 spiro atoms. The van der Waals surface area contributed by atoms with Crippen molar-refractivity contribution in [2.24, 2.45) is 0 Å². The minimum atomic E-state index is -1.01. The van der Waals surface area contributed by atoms with Crippen LogP contribution in [0.3, 0.4) is 0 Å². The third-order valence-corrected chi connectivity index (χ3v) is 5.52. The quantitative estimate of drug-likeness (QED) is 0.581. The van der Waals surface area contributed by atoms with Crippen LogP contribution >= 0.6 is 12.4 Å². The molecule has 2 aromatic carbocycles. The summed E-state index contributed by atoms with van der Waals surface area (Å²) in [7, 11) is 0. The lowest BCUT2D eigenvalue weighted by Gasteiger charge is -2.30. The molecule has 158 valence electrons. The first-order chi connectivity index (χ1) is 14.0. The van der Waals surface area contributed by atoms with E-state index in [1.54, 1.807) is 0 Å². The minimum Gasteiger partial charge on any atom is -0.367 e. The number of pyridine rings is 1. The maximum Gasteiger partial charge on any atom is 0.251 e. The van der Waals surface area contributed by atoms with Gasteiger partial charge in [-0.15, -0.1) is 12.4 Å². The third kappa shape index (κ3) is 4.87. The van der Waals surface area contributed by atoms with Gasteiger partial charge < -0.3 is 10.6 Å². The highest BCUT2D eigenvalue weighted by molar-refractivity contribution is 5.94. The van der Waals surface area contributed by atoms with Gasteiger partial charge in [0.1, 0.15) is 5.82 Å². The second-order valence-corrected chi connectivity index (χ2v) is 7.64. The predicted octanol–water partition coefficient (Wildman–Crippen LogP) is 5.40. The van der Waals surface area contributed by atoms with Crippen molar-refractivity contribution in [2.75, 3.05) is 5.32 Å². The van der Waals surface area contributed by atoms with E-state index in [4.69, 9.17) is 4.98 Å². The second-order valence-electron chi connectivity index (χ2n) is 7.64. The van der Waals surface area contributed by atoms with Crippen LogP contribution in [0.4, 0.5) is 14.6 Å². The molecule has 7 heteroatoms. The van der Waals surface area contributed by atoms with Crippen LogP contribution in [0.2, 0.25) is 0 Å². The number of carbonyl (C=O) groups excluding carboxylic acids is 1. The third-order valence-electron chi connectivity index (χ3n) is 5.52. The molecule has 1 aliphatic carbocycles. The number of hydrogen-bond donors (Lipinski definition) is 2. The number of nitrogens with one attached hydrogen (secondary N) is 2. The van der Waals surface area contributed by atoms with E-state index < -0.39 is 11.6 Å². The molecule has 1 aromatic heterocycles. The van der Waals surface area contributed by atoms with Gasteiger partial charge in [0.2, 0.25) is 0 Å². The Labute approximate surface area is 180 Å². The molecule has 1 heterocycles. The fourth-order valence-corrected chi connectivity index (χ4v) is 3.92. The Morgan fingerprint density at radius 3 is 2.40 bits per heavy atom. The van der Waals surface area contributed by atoms with Crippen molar-refractivity contribution in [1.29, 1.82) is 0 Å². The van der Waals surface area contributed by atoms with Gasteiger partial charge in [0.25, 0.3) is 5.91 Å². The zero-order chi connectivity index (χ0) is 20.4. The van der Waals surface area contributed by atoms with Crippen LogP contribution in [0, 0.1) is 18.6 Å². The predicted molar refractivity (Wildman–Crippen MR) is 117 cm³/mol. The van der Waals surface area contributed by atoms with Crippen molar-refractivity contribution in [3.63, 3.8) is 0 Å². The molecule has 0 saturated heterocycles. The number of carbonyl (C=O) groups is 1. The van der Waals surface area contributed by atoms with E-state index in [1.807, 2.05) is 18.2 Å². The summed E-state index contributed by atoms with van der Waals surface area (Å²) in [5.74, 6) is -1.46. The van der Waals surface area contributed by atoms with Gasteiger partial charge >= 0.3 is 0 Å². The summed E-state index contributed by atoms with van der Waals surface area (Å²) in [4.78, 5) is 17.0. The highest BCUT2D eigenvalue weighted by atomic mass is 35.5. The van der Waals surface area contributed by atoms with Crippen molar-refractivity contribution in [2.45, 2.75) is 44.7 Å². The molecule has 2 N–H and O–H groups in total. The normalized spacial score (nSPS) is 18.5. The Balaban J connectivity index is 0.00000256. The number of aryl methyl sites for hydroxylation is 1. The molecule has 0 atom stereocenters. The number of amides is 1. The summed E-state index contributed by atoms with van der Waals surface area (Å²) in [6, 6.07) is 13.7. The monoisotopic (exact) mass is 431 g/mol. The van der Waals surface area contributed by atoms with Crippen LogP contribution in [0.15, 0.2) is 48.5 Å². The summed E-state index contributed by atoms with van der Waals surface area (Å²) in [6.07, 6.45) is 3.44. The first-order valence-corrected chi connectivity index (χ1v) is 9.88. The summed E-state index contributed by atoms with van der Waals surface area (Å²) in [5.41, 5.74) is 2.30. The summed E-state index contributed by atoms with van der Waals surface area (Å²) >= 11 is 0. The molecule has 0 radical (unpaired) electrons. The Morgan fingerprint density at radius 2 is 1.67 bits per heavy atom. The van der Waals surface area contributed by atoms with Gasteiger partial charge in [0.05, 0.1) is 5.52 Å². The van der Waals surface area contributed by atoms with Crippen molar-refractivity contribution in [3.05, 3.63) is 71.3 Å². The van der Waals surface area contributed by atoms with E-state index in [1.165, 1.54) is 11.6 Å². The SMILES string of the molecule is Cc1cc(N[C@H]2CC[C@@H](NC(=O)c3ccc(F)c(F)c3)CC2)nc2ccccc12.Cl. The molecule has 3 aromatic rings. The Bertz CT molecular complexity index is 1050. The average Bonchev–Trinajstić information content (AvgIpc) is 2.71. The molecule has 0 unspecified atom stereocenters. The molecule has 4 rings (SSSR count). The molecule has 1 aliphatic rings.